The summed E-state index contributed by atoms with van der Waals surface area (Å²) in [6.07, 6.45) is -0.326. The number of thioether (sulfide) groups is 1. The van der Waals surface area contributed by atoms with Crippen molar-refractivity contribution in [1.29, 1.82) is 5.26 Å². The molecule has 1 aromatic carbocycles. The number of hydrogen-bond donors (Lipinski definition) is 0. The van der Waals surface area contributed by atoms with E-state index < -0.39 is 15.7 Å². The van der Waals surface area contributed by atoms with Crippen LogP contribution >= 0.6 is 35.0 Å². The van der Waals surface area contributed by atoms with Crippen LogP contribution in [0.3, 0.4) is 0 Å². The van der Waals surface area contributed by atoms with Gasteiger partial charge in [-0.1, -0.05) is 35.0 Å². The summed E-state index contributed by atoms with van der Waals surface area (Å²) >= 11 is 13.2. The molecule has 2 heterocycles. The normalized spacial score (nSPS) is 26.4. The number of halogens is 2. The lowest BCUT2D eigenvalue weighted by atomic mass is 10.2. The average Bonchev–Trinajstić information content (AvgIpc) is 2.93. The Morgan fingerprint density at radius 1 is 1.38 bits per heavy atom. The molecule has 6 nitrogen and oxygen atoms in total. The fourth-order valence-corrected chi connectivity index (χ4v) is 6.94. The summed E-state index contributed by atoms with van der Waals surface area (Å²) in [5, 5.41) is 9.50. The number of anilines is 1. The first kappa shape index (κ1) is 17.5. The lowest BCUT2D eigenvalue weighted by Crippen LogP contribution is -2.37. The van der Waals surface area contributed by atoms with Crippen LogP contribution in [0.1, 0.15) is 6.42 Å². The van der Waals surface area contributed by atoms with E-state index in [2.05, 4.69) is 4.99 Å². The third-order valence-electron chi connectivity index (χ3n) is 3.70. The molecule has 2 aliphatic rings. The van der Waals surface area contributed by atoms with E-state index in [0.29, 0.717) is 20.9 Å². The van der Waals surface area contributed by atoms with Crippen LogP contribution in [0, 0.1) is 11.3 Å². The van der Waals surface area contributed by atoms with E-state index in [-0.39, 0.29) is 29.2 Å². The number of carbonyl (C=O) groups is 1. The predicted molar refractivity (Wildman–Crippen MR) is 95.4 cm³/mol. The molecule has 126 valence electrons. The molecule has 2 saturated heterocycles. The molecule has 10 heteroatoms. The third kappa shape index (κ3) is 3.40. The maximum Gasteiger partial charge on any atom is 0.262 e. The molecule has 0 spiro atoms. The fourth-order valence-electron chi connectivity index (χ4n) is 2.72. The Bertz CT molecular complexity index is 880. The van der Waals surface area contributed by atoms with Crippen LogP contribution in [-0.4, -0.2) is 42.3 Å². The largest absolute Gasteiger partial charge is 0.316 e. The van der Waals surface area contributed by atoms with Gasteiger partial charge in [0.1, 0.15) is 6.42 Å². The van der Waals surface area contributed by atoms with E-state index in [9.17, 15) is 13.2 Å². The first-order valence-corrected chi connectivity index (χ1v) is 10.4. The number of nitrogens with zero attached hydrogens (tertiary/aromatic N) is 3. The van der Waals surface area contributed by atoms with Crippen LogP contribution in [-0.2, 0) is 14.6 Å². The van der Waals surface area contributed by atoms with Gasteiger partial charge in [0.2, 0.25) is 0 Å². The summed E-state index contributed by atoms with van der Waals surface area (Å²) in [6, 6.07) is 6.35. The van der Waals surface area contributed by atoms with Crippen LogP contribution in [0.15, 0.2) is 23.2 Å². The van der Waals surface area contributed by atoms with Gasteiger partial charge in [0.25, 0.3) is 5.91 Å². The van der Waals surface area contributed by atoms with Crippen molar-refractivity contribution in [2.45, 2.75) is 17.7 Å². The van der Waals surface area contributed by atoms with E-state index in [1.54, 1.807) is 29.2 Å². The second-order valence-corrected chi connectivity index (χ2v) is 9.57. The van der Waals surface area contributed by atoms with Gasteiger partial charge in [-0.3, -0.25) is 4.79 Å². The van der Waals surface area contributed by atoms with E-state index in [4.69, 9.17) is 28.5 Å². The maximum atomic E-state index is 11.9. The van der Waals surface area contributed by atoms with E-state index >= 15 is 0 Å². The van der Waals surface area contributed by atoms with Gasteiger partial charge < -0.3 is 4.90 Å². The van der Waals surface area contributed by atoms with Crippen molar-refractivity contribution >= 4 is 61.6 Å². The number of hydrogen-bond acceptors (Lipinski definition) is 5. The second-order valence-electron chi connectivity index (χ2n) is 5.39. The minimum atomic E-state index is -3.14. The molecule has 0 unspecified atom stereocenters. The third-order valence-corrected chi connectivity index (χ3v) is 7.65. The molecule has 24 heavy (non-hydrogen) atoms. The topological polar surface area (TPSA) is 90.6 Å². The van der Waals surface area contributed by atoms with E-state index in [1.807, 2.05) is 0 Å². The zero-order chi connectivity index (χ0) is 17.5. The number of rotatable bonds is 2. The summed E-state index contributed by atoms with van der Waals surface area (Å²) < 4.78 is 23.9. The molecule has 3 rings (SSSR count). The van der Waals surface area contributed by atoms with Gasteiger partial charge in [-0.05, 0) is 18.2 Å². The number of sulfone groups is 1. The van der Waals surface area contributed by atoms with E-state index in [1.165, 1.54) is 11.8 Å². The summed E-state index contributed by atoms with van der Waals surface area (Å²) in [5.74, 6) is -0.546. The van der Waals surface area contributed by atoms with Crippen molar-refractivity contribution in [1.82, 2.24) is 0 Å². The van der Waals surface area contributed by atoms with Gasteiger partial charge in [0, 0.05) is 10.9 Å². The molecule has 2 atom stereocenters. The van der Waals surface area contributed by atoms with Crippen LogP contribution in [0.4, 0.5) is 5.69 Å². The van der Waals surface area contributed by atoms with Gasteiger partial charge in [0.05, 0.1) is 33.7 Å². The van der Waals surface area contributed by atoms with Crippen molar-refractivity contribution in [3.8, 4) is 6.07 Å². The molecule has 1 amide bonds. The summed E-state index contributed by atoms with van der Waals surface area (Å²) in [6.45, 7) is 0. The Morgan fingerprint density at radius 2 is 2.12 bits per heavy atom. The maximum absolute atomic E-state index is 11.9. The standard InChI is InChI=1S/C14H11Cl2N3O3S2/c15-9-2-1-8(5-10(9)16)19-11-6-24(21,22)7-12(11)23-14(19)18-13(20)3-4-17/h1-2,5,11-12H,3,6-7H2/t11-,12-/m0/s1. The first-order valence-electron chi connectivity index (χ1n) is 6.90. The molecule has 2 fully saturated rings. The number of benzene rings is 1. The quantitative estimate of drug-likeness (QED) is 0.753. The number of amides is 1. The highest BCUT2D eigenvalue weighted by Crippen LogP contribution is 2.42. The van der Waals surface area contributed by atoms with Crippen molar-refractivity contribution in [2.75, 3.05) is 16.4 Å². The molecule has 0 radical (unpaired) electrons. The predicted octanol–water partition coefficient (Wildman–Crippen LogP) is 2.51. The molecule has 0 N–H and O–H groups in total. The molecule has 0 aliphatic carbocycles. The molecular weight excluding hydrogens is 393 g/mol. The lowest BCUT2D eigenvalue weighted by Gasteiger charge is -2.24. The molecule has 2 aliphatic heterocycles. The van der Waals surface area contributed by atoms with Gasteiger partial charge >= 0.3 is 0 Å². The molecular formula is C14H11Cl2N3O3S2. The Balaban J connectivity index is 2.03. The summed E-state index contributed by atoms with van der Waals surface area (Å²) in [4.78, 5) is 17.4. The number of nitriles is 1. The van der Waals surface area contributed by atoms with Gasteiger partial charge in [-0.2, -0.15) is 10.3 Å². The fraction of sp³-hybridized carbons (Fsp3) is 0.357. The van der Waals surface area contributed by atoms with Crippen molar-refractivity contribution in [3.05, 3.63) is 28.2 Å². The van der Waals surface area contributed by atoms with Crippen LogP contribution in [0.5, 0.6) is 0 Å². The van der Waals surface area contributed by atoms with Crippen LogP contribution < -0.4 is 4.90 Å². The Morgan fingerprint density at radius 3 is 2.79 bits per heavy atom. The highest BCUT2D eigenvalue weighted by molar-refractivity contribution is 8.16. The van der Waals surface area contributed by atoms with Gasteiger partial charge in [0.15, 0.2) is 15.0 Å². The van der Waals surface area contributed by atoms with Crippen molar-refractivity contribution in [3.63, 3.8) is 0 Å². The van der Waals surface area contributed by atoms with Crippen LogP contribution in [0.25, 0.3) is 0 Å². The van der Waals surface area contributed by atoms with Crippen molar-refractivity contribution in [2.24, 2.45) is 4.99 Å². The Hall–Kier alpha value is -1.27. The molecule has 0 saturated carbocycles. The Kier molecular flexibility index (Phi) is 4.80. The highest BCUT2D eigenvalue weighted by Gasteiger charge is 2.49. The number of aliphatic imine (C=N–C) groups is 1. The summed E-state index contributed by atoms with van der Waals surface area (Å²) in [5.41, 5.74) is 0.616. The number of fused-ring (bicyclic) bond motifs is 1. The Labute approximate surface area is 153 Å². The zero-order valence-corrected chi connectivity index (χ0v) is 15.3. The minimum Gasteiger partial charge on any atom is -0.316 e. The van der Waals surface area contributed by atoms with Crippen molar-refractivity contribution < 1.29 is 13.2 Å². The summed E-state index contributed by atoms with van der Waals surface area (Å²) in [7, 11) is -3.14. The monoisotopic (exact) mass is 403 g/mol. The second kappa shape index (κ2) is 6.56. The van der Waals surface area contributed by atoms with Gasteiger partial charge in [-0.25, -0.2) is 8.42 Å². The first-order chi connectivity index (χ1) is 11.3. The molecule has 1 aromatic rings. The lowest BCUT2D eigenvalue weighted by molar-refractivity contribution is -0.116. The van der Waals surface area contributed by atoms with Crippen LogP contribution in [0.2, 0.25) is 10.0 Å². The van der Waals surface area contributed by atoms with E-state index in [0.717, 1.165) is 0 Å². The molecule has 0 aromatic heterocycles. The number of amidine groups is 1. The zero-order valence-electron chi connectivity index (χ0n) is 12.1. The SMILES string of the molecule is N#CCC(=O)N=C1S[C@H]2CS(=O)(=O)C[C@@H]2N1c1ccc(Cl)c(Cl)c1. The highest BCUT2D eigenvalue weighted by atomic mass is 35.5. The molecule has 0 bridgehead atoms. The smallest absolute Gasteiger partial charge is 0.262 e. The average molecular weight is 404 g/mol. The minimum absolute atomic E-state index is 0.0175. The number of carbonyl (C=O) groups excluding carboxylic acids is 1. The van der Waals surface area contributed by atoms with Gasteiger partial charge in [-0.15, -0.1) is 0 Å².